The highest BCUT2D eigenvalue weighted by Crippen LogP contribution is 2.33. The van der Waals surface area contributed by atoms with E-state index in [-0.39, 0.29) is 24.1 Å². The number of carbonyl (C=O) groups is 1. The van der Waals surface area contributed by atoms with Gasteiger partial charge in [-0.1, -0.05) is 24.3 Å². The molecule has 0 heterocycles. The van der Waals surface area contributed by atoms with E-state index in [2.05, 4.69) is 5.32 Å². The van der Waals surface area contributed by atoms with Gasteiger partial charge in [-0.25, -0.2) is 4.39 Å². The Hall–Kier alpha value is -3.34. The molecule has 4 nitrogen and oxygen atoms in total. The number of methoxy groups -OCH3 is 2. The number of halogens is 1. The molecule has 1 unspecified atom stereocenters. The molecule has 0 aliphatic carbocycles. The molecule has 0 fully saturated rings. The Balaban J connectivity index is 1.90. The molecule has 0 saturated carbocycles. The van der Waals surface area contributed by atoms with Gasteiger partial charge in [-0.2, -0.15) is 0 Å². The molecule has 144 valence electrons. The summed E-state index contributed by atoms with van der Waals surface area (Å²) in [5, 5.41) is 3.40. The van der Waals surface area contributed by atoms with Crippen molar-refractivity contribution in [2.45, 2.75) is 12.5 Å². The van der Waals surface area contributed by atoms with E-state index in [0.29, 0.717) is 17.1 Å². The molecule has 1 N–H and O–H groups in total. The lowest BCUT2D eigenvalue weighted by Crippen LogP contribution is -2.16. The van der Waals surface area contributed by atoms with Crippen molar-refractivity contribution in [2.24, 2.45) is 0 Å². The van der Waals surface area contributed by atoms with Crippen molar-refractivity contribution in [1.29, 1.82) is 0 Å². The van der Waals surface area contributed by atoms with Crippen molar-refractivity contribution >= 4 is 11.5 Å². The highest BCUT2D eigenvalue weighted by molar-refractivity contribution is 5.96. The molecule has 3 aromatic rings. The average Bonchev–Trinajstić information content (AvgIpc) is 2.74. The van der Waals surface area contributed by atoms with Crippen molar-refractivity contribution < 1.29 is 18.7 Å². The minimum Gasteiger partial charge on any atom is -0.493 e. The summed E-state index contributed by atoms with van der Waals surface area (Å²) in [4.78, 5) is 12.8. The third-order valence-electron chi connectivity index (χ3n) is 4.48. The van der Waals surface area contributed by atoms with Gasteiger partial charge in [0.1, 0.15) is 5.82 Å². The maximum atomic E-state index is 13.2. The van der Waals surface area contributed by atoms with Crippen molar-refractivity contribution in [2.75, 3.05) is 19.5 Å². The molecule has 0 bridgehead atoms. The number of hydrogen-bond acceptors (Lipinski definition) is 4. The first-order chi connectivity index (χ1) is 13.6. The van der Waals surface area contributed by atoms with Crippen LogP contribution < -0.4 is 14.8 Å². The molecule has 3 aromatic carbocycles. The summed E-state index contributed by atoms with van der Waals surface area (Å²) < 4.78 is 23.9. The van der Waals surface area contributed by atoms with E-state index in [4.69, 9.17) is 9.47 Å². The maximum absolute atomic E-state index is 13.2. The number of benzene rings is 3. The highest BCUT2D eigenvalue weighted by atomic mass is 19.1. The van der Waals surface area contributed by atoms with E-state index < -0.39 is 0 Å². The van der Waals surface area contributed by atoms with Crippen LogP contribution in [-0.4, -0.2) is 20.0 Å². The van der Waals surface area contributed by atoms with E-state index >= 15 is 0 Å². The minimum atomic E-state index is -0.365. The van der Waals surface area contributed by atoms with Gasteiger partial charge < -0.3 is 14.8 Å². The summed E-state index contributed by atoms with van der Waals surface area (Å²) in [5.74, 6) is 0.766. The van der Waals surface area contributed by atoms with Crippen molar-refractivity contribution in [3.63, 3.8) is 0 Å². The quantitative estimate of drug-likeness (QED) is 0.542. The van der Waals surface area contributed by atoms with Crippen molar-refractivity contribution in [1.82, 2.24) is 0 Å². The monoisotopic (exact) mass is 379 g/mol. The zero-order valence-electron chi connectivity index (χ0n) is 15.8. The fraction of sp³-hybridized carbons (Fsp3) is 0.174. The van der Waals surface area contributed by atoms with Crippen LogP contribution in [0.15, 0.2) is 72.8 Å². The molecule has 0 spiro atoms. The lowest BCUT2D eigenvalue weighted by molar-refractivity contribution is 0.0976. The first-order valence-electron chi connectivity index (χ1n) is 8.93. The van der Waals surface area contributed by atoms with Crippen LogP contribution in [0.25, 0.3) is 0 Å². The molecule has 0 radical (unpaired) electrons. The SMILES string of the molecule is COc1ccc(C(CC(=O)c2ccc(F)cc2)Nc2ccccc2)cc1OC. The molecule has 28 heavy (non-hydrogen) atoms. The number of nitrogens with one attached hydrogen (secondary N) is 1. The molecule has 1 atom stereocenters. The van der Waals surface area contributed by atoms with Gasteiger partial charge in [0.15, 0.2) is 17.3 Å². The summed E-state index contributed by atoms with van der Waals surface area (Å²) in [6.07, 6.45) is 0.204. The summed E-state index contributed by atoms with van der Waals surface area (Å²) in [7, 11) is 3.15. The molecule has 3 rings (SSSR count). The van der Waals surface area contributed by atoms with Crippen LogP contribution in [0.4, 0.5) is 10.1 Å². The van der Waals surface area contributed by atoms with E-state index in [9.17, 15) is 9.18 Å². The highest BCUT2D eigenvalue weighted by Gasteiger charge is 2.19. The molecule has 0 amide bonds. The Morgan fingerprint density at radius 1 is 0.929 bits per heavy atom. The maximum Gasteiger partial charge on any atom is 0.165 e. The Bertz CT molecular complexity index is 926. The topological polar surface area (TPSA) is 47.6 Å². The first kappa shape index (κ1) is 19.4. The number of para-hydroxylation sites is 1. The van der Waals surface area contributed by atoms with Crippen LogP contribution >= 0.6 is 0 Å². The number of hydrogen-bond donors (Lipinski definition) is 1. The predicted octanol–water partition coefficient (Wildman–Crippen LogP) is 5.27. The van der Waals surface area contributed by atoms with Crippen LogP contribution in [0.1, 0.15) is 28.4 Å². The normalized spacial score (nSPS) is 11.5. The molecule has 5 heteroatoms. The Morgan fingerprint density at radius 3 is 2.25 bits per heavy atom. The lowest BCUT2D eigenvalue weighted by Gasteiger charge is -2.21. The van der Waals surface area contributed by atoms with Crippen molar-refractivity contribution in [3.8, 4) is 11.5 Å². The van der Waals surface area contributed by atoms with E-state index in [1.54, 1.807) is 14.2 Å². The van der Waals surface area contributed by atoms with E-state index in [1.165, 1.54) is 24.3 Å². The van der Waals surface area contributed by atoms with Gasteiger partial charge in [0.2, 0.25) is 0 Å². The second kappa shape index (κ2) is 9.04. The zero-order chi connectivity index (χ0) is 19.9. The number of ketones is 1. The van der Waals surface area contributed by atoms with Crippen LogP contribution in [0, 0.1) is 5.82 Å². The fourth-order valence-electron chi connectivity index (χ4n) is 3.00. The van der Waals surface area contributed by atoms with Crippen molar-refractivity contribution in [3.05, 3.63) is 89.7 Å². The van der Waals surface area contributed by atoms with Crippen LogP contribution in [0.3, 0.4) is 0 Å². The smallest absolute Gasteiger partial charge is 0.165 e. The molecule has 0 aromatic heterocycles. The average molecular weight is 379 g/mol. The lowest BCUT2D eigenvalue weighted by atomic mass is 9.97. The van der Waals surface area contributed by atoms with Crippen LogP contribution in [-0.2, 0) is 0 Å². The molecule has 0 aliphatic rings. The largest absolute Gasteiger partial charge is 0.493 e. The molecular formula is C23H22FNO3. The fourth-order valence-corrected chi connectivity index (χ4v) is 3.00. The summed E-state index contributed by atoms with van der Waals surface area (Å²) in [6, 6.07) is 20.6. The van der Waals surface area contributed by atoms with Gasteiger partial charge in [0, 0.05) is 17.7 Å². The Morgan fingerprint density at radius 2 is 1.61 bits per heavy atom. The number of carbonyl (C=O) groups excluding carboxylic acids is 1. The molecule has 0 aliphatic heterocycles. The van der Waals surface area contributed by atoms with Gasteiger partial charge in [-0.15, -0.1) is 0 Å². The molecular weight excluding hydrogens is 357 g/mol. The van der Waals surface area contributed by atoms with Gasteiger partial charge in [0.25, 0.3) is 0 Å². The van der Waals surface area contributed by atoms with Gasteiger partial charge >= 0.3 is 0 Å². The van der Waals surface area contributed by atoms with Crippen LogP contribution in [0.5, 0.6) is 11.5 Å². The zero-order valence-corrected chi connectivity index (χ0v) is 15.8. The number of anilines is 1. The Kier molecular flexibility index (Phi) is 6.27. The second-order valence-corrected chi connectivity index (χ2v) is 6.31. The summed E-state index contributed by atoms with van der Waals surface area (Å²) in [6.45, 7) is 0. The number of rotatable bonds is 8. The van der Waals surface area contributed by atoms with Gasteiger partial charge in [-0.3, -0.25) is 4.79 Å². The predicted molar refractivity (Wildman–Crippen MR) is 108 cm³/mol. The minimum absolute atomic E-state index is 0.0804. The Labute approximate surface area is 163 Å². The summed E-state index contributed by atoms with van der Waals surface area (Å²) in [5.41, 5.74) is 2.26. The van der Waals surface area contributed by atoms with Crippen LogP contribution in [0.2, 0.25) is 0 Å². The number of Topliss-reactive ketones (excluding diaryl/α,β-unsaturated/α-hetero) is 1. The second-order valence-electron chi connectivity index (χ2n) is 6.31. The standard InChI is InChI=1S/C23H22FNO3/c1-27-22-13-10-17(14-23(22)28-2)20(25-19-6-4-3-5-7-19)15-21(26)16-8-11-18(24)12-9-16/h3-14,20,25H,15H2,1-2H3. The van der Waals surface area contributed by atoms with Gasteiger partial charge in [0.05, 0.1) is 20.3 Å². The van der Waals surface area contributed by atoms with Gasteiger partial charge in [-0.05, 0) is 54.1 Å². The van der Waals surface area contributed by atoms with E-state index in [0.717, 1.165) is 11.3 Å². The first-order valence-corrected chi connectivity index (χ1v) is 8.93. The van der Waals surface area contributed by atoms with E-state index in [1.807, 2.05) is 48.5 Å². The molecule has 0 saturated heterocycles. The third kappa shape index (κ3) is 4.68. The number of ether oxygens (including phenoxy) is 2. The third-order valence-corrected chi connectivity index (χ3v) is 4.48. The summed E-state index contributed by atoms with van der Waals surface area (Å²) >= 11 is 0.